The molecule has 104 valence electrons. The summed E-state index contributed by atoms with van der Waals surface area (Å²) in [6.07, 6.45) is 0. The van der Waals surface area contributed by atoms with Crippen molar-refractivity contribution < 1.29 is 19.8 Å². The van der Waals surface area contributed by atoms with Crippen molar-refractivity contribution >= 4 is 22.6 Å². The fraction of sp³-hybridized carbons (Fsp3) is 0.200. The Hall–Kier alpha value is -2.56. The molecule has 0 aliphatic carbocycles. The van der Waals surface area contributed by atoms with E-state index in [-0.39, 0.29) is 11.3 Å². The molecule has 5 nitrogen and oxygen atoms in total. The molecule has 0 saturated heterocycles. The first-order valence-electron chi connectivity index (χ1n) is 6.14. The topological polar surface area (TPSA) is 77.8 Å². The monoisotopic (exact) mass is 273 g/mol. The Bertz CT molecular complexity index is 681. The van der Waals surface area contributed by atoms with Crippen LogP contribution in [-0.4, -0.2) is 40.1 Å². The summed E-state index contributed by atoms with van der Waals surface area (Å²) in [6.45, 7) is 1.42. The van der Waals surface area contributed by atoms with E-state index < -0.39 is 17.9 Å². The number of carbonyl (C=O) groups is 2. The summed E-state index contributed by atoms with van der Waals surface area (Å²) in [7, 11) is 1.40. The Balaban J connectivity index is 2.45. The normalized spacial score (nSPS) is 12.1. The van der Waals surface area contributed by atoms with Gasteiger partial charge in [-0.3, -0.25) is 4.79 Å². The molecule has 1 unspecified atom stereocenters. The van der Waals surface area contributed by atoms with Crippen LogP contribution in [0.4, 0.5) is 0 Å². The molecule has 0 heterocycles. The van der Waals surface area contributed by atoms with E-state index in [2.05, 4.69) is 0 Å². The average molecular weight is 273 g/mol. The van der Waals surface area contributed by atoms with Crippen molar-refractivity contribution in [3.63, 3.8) is 0 Å². The molecule has 20 heavy (non-hydrogen) atoms. The van der Waals surface area contributed by atoms with Crippen molar-refractivity contribution in [3.05, 3.63) is 42.0 Å². The number of phenolic OH excluding ortho intramolecular Hbond substituents is 1. The van der Waals surface area contributed by atoms with E-state index in [1.807, 2.05) is 12.1 Å². The first-order valence-corrected chi connectivity index (χ1v) is 6.14. The van der Waals surface area contributed by atoms with Crippen molar-refractivity contribution in [1.29, 1.82) is 0 Å². The molecule has 0 aliphatic rings. The third-order valence-electron chi connectivity index (χ3n) is 3.39. The number of hydrogen-bond donors (Lipinski definition) is 2. The summed E-state index contributed by atoms with van der Waals surface area (Å²) in [4.78, 5) is 24.3. The van der Waals surface area contributed by atoms with Gasteiger partial charge in [-0.15, -0.1) is 0 Å². The Morgan fingerprint density at radius 3 is 2.45 bits per heavy atom. The highest BCUT2D eigenvalue weighted by molar-refractivity contribution is 6.04. The van der Waals surface area contributed by atoms with Crippen LogP contribution in [0.25, 0.3) is 10.8 Å². The van der Waals surface area contributed by atoms with Crippen molar-refractivity contribution in [2.75, 3.05) is 7.05 Å². The largest absolute Gasteiger partial charge is 0.506 e. The molecule has 0 spiro atoms. The molecule has 5 heteroatoms. The van der Waals surface area contributed by atoms with Gasteiger partial charge in [0.25, 0.3) is 5.91 Å². The van der Waals surface area contributed by atoms with E-state index in [0.717, 1.165) is 10.3 Å². The van der Waals surface area contributed by atoms with E-state index in [1.54, 1.807) is 18.2 Å². The molecule has 2 rings (SSSR count). The van der Waals surface area contributed by atoms with Gasteiger partial charge < -0.3 is 15.1 Å². The number of carboxylic acids is 1. The number of carboxylic acid groups (broad SMARTS) is 1. The SMILES string of the molecule is CC(C(=O)O)N(C)C(=O)c1ccc2ccccc2c1O. The lowest BCUT2D eigenvalue weighted by Crippen LogP contribution is -2.40. The van der Waals surface area contributed by atoms with Crippen LogP contribution in [0.15, 0.2) is 36.4 Å². The lowest BCUT2D eigenvalue weighted by molar-refractivity contribution is -0.141. The van der Waals surface area contributed by atoms with Crippen molar-refractivity contribution in [3.8, 4) is 5.75 Å². The molecule has 0 aromatic heterocycles. The zero-order valence-electron chi connectivity index (χ0n) is 11.2. The minimum atomic E-state index is -1.10. The number of benzene rings is 2. The van der Waals surface area contributed by atoms with Crippen molar-refractivity contribution in [1.82, 2.24) is 4.90 Å². The second kappa shape index (κ2) is 5.21. The van der Waals surface area contributed by atoms with Crippen molar-refractivity contribution in [2.45, 2.75) is 13.0 Å². The van der Waals surface area contributed by atoms with Gasteiger partial charge in [0, 0.05) is 12.4 Å². The van der Waals surface area contributed by atoms with E-state index in [0.29, 0.717) is 5.39 Å². The third-order valence-corrected chi connectivity index (χ3v) is 3.39. The number of carbonyl (C=O) groups excluding carboxylic acids is 1. The highest BCUT2D eigenvalue weighted by Crippen LogP contribution is 2.29. The smallest absolute Gasteiger partial charge is 0.326 e. The van der Waals surface area contributed by atoms with E-state index in [1.165, 1.54) is 20.0 Å². The first kappa shape index (κ1) is 13.9. The number of phenols is 1. The minimum absolute atomic E-state index is 0.0966. The molecule has 2 aromatic rings. The quantitative estimate of drug-likeness (QED) is 0.897. The summed E-state index contributed by atoms with van der Waals surface area (Å²) in [5.41, 5.74) is 0.0966. The van der Waals surface area contributed by atoms with Crippen molar-refractivity contribution in [2.24, 2.45) is 0 Å². The Morgan fingerprint density at radius 2 is 1.80 bits per heavy atom. The predicted octanol–water partition coefficient (Wildman–Crippen LogP) is 2.09. The van der Waals surface area contributed by atoms with E-state index >= 15 is 0 Å². The second-order valence-corrected chi connectivity index (χ2v) is 4.61. The van der Waals surface area contributed by atoms with Gasteiger partial charge in [-0.25, -0.2) is 4.79 Å². The van der Waals surface area contributed by atoms with Crippen LogP contribution in [0.1, 0.15) is 17.3 Å². The highest BCUT2D eigenvalue weighted by atomic mass is 16.4. The second-order valence-electron chi connectivity index (χ2n) is 4.61. The third kappa shape index (κ3) is 2.30. The number of amides is 1. The number of fused-ring (bicyclic) bond motifs is 1. The summed E-state index contributed by atoms with van der Waals surface area (Å²) in [6, 6.07) is 9.40. The number of likely N-dealkylation sites (N-methyl/N-ethyl adjacent to an activating group) is 1. The molecule has 1 atom stereocenters. The van der Waals surface area contributed by atoms with Gasteiger partial charge in [-0.1, -0.05) is 30.3 Å². The van der Waals surface area contributed by atoms with Crippen LogP contribution in [0.3, 0.4) is 0 Å². The maximum atomic E-state index is 12.3. The van der Waals surface area contributed by atoms with Gasteiger partial charge in [0.1, 0.15) is 11.8 Å². The Labute approximate surface area is 116 Å². The lowest BCUT2D eigenvalue weighted by atomic mass is 10.0. The first-order chi connectivity index (χ1) is 9.43. The maximum absolute atomic E-state index is 12.3. The van der Waals surface area contributed by atoms with Gasteiger partial charge in [-0.05, 0) is 18.4 Å². The zero-order chi connectivity index (χ0) is 14.9. The predicted molar refractivity (Wildman–Crippen MR) is 74.8 cm³/mol. The maximum Gasteiger partial charge on any atom is 0.326 e. The van der Waals surface area contributed by atoms with Crippen LogP contribution in [0.5, 0.6) is 5.75 Å². The van der Waals surface area contributed by atoms with Crippen LogP contribution in [0.2, 0.25) is 0 Å². The molecule has 2 aromatic carbocycles. The fourth-order valence-electron chi connectivity index (χ4n) is 1.96. The van der Waals surface area contributed by atoms with Gasteiger partial charge >= 0.3 is 5.97 Å². The summed E-state index contributed by atoms with van der Waals surface area (Å²) < 4.78 is 0. The molecule has 2 N–H and O–H groups in total. The number of nitrogens with zero attached hydrogens (tertiary/aromatic N) is 1. The zero-order valence-corrected chi connectivity index (χ0v) is 11.2. The number of rotatable bonds is 3. The van der Waals surface area contributed by atoms with E-state index in [9.17, 15) is 14.7 Å². The lowest BCUT2D eigenvalue weighted by Gasteiger charge is -2.22. The molecule has 0 saturated carbocycles. The standard InChI is InChI=1S/C15H15NO4/c1-9(15(19)20)16(2)14(18)12-8-7-10-5-3-4-6-11(10)13(12)17/h3-9,17H,1-2H3,(H,19,20). The molecule has 1 amide bonds. The number of hydrogen-bond acceptors (Lipinski definition) is 3. The van der Waals surface area contributed by atoms with Gasteiger partial charge in [0.2, 0.25) is 0 Å². The Kier molecular flexibility index (Phi) is 3.61. The van der Waals surface area contributed by atoms with Gasteiger partial charge in [0.05, 0.1) is 5.56 Å². The van der Waals surface area contributed by atoms with Gasteiger partial charge in [0.15, 0.2) is 0 Å². The summed E-state index contributed by atoms with van der Waals surface area (Å²) in [5, 5.41) is 20.5. The molecule has 0 aliphatic heterocycles. The molecular formula is C15H15NO4. The van der Waals surface area contributed by atoms with Crippen LogP contribution < -0.4 is 0 Å². The number of aromatic hydroxyl groups is 1. The summed E-state index contributed by atoms with van der Waals surface area (Å²) in [5.74, 6) is -1.75. The van der Waals surface area contributed by atoms with Crippen LogP contribution in [-0.2, 0) is 4.79 Å². The van der Waals surface area contributed by atoms with Gasteiger partial charge in [-0.2, -0.15) is 0 Å². The molecular weight excluding hydrogens is 258 g/mol. The van der Waals surface area contributed by atoms with Crippen LogP contribution in [0, 0.1) is 0 Å². The highest BCUT2D eigenvalue weighted by Gasteiger charge is 2.25. The molecule has 0 fully saturated rings. The molecule has 0 bridgehead atoms. The minimum Gasteiger partial charge on any atom is -0.506 e. The fourth-order valence-corrected chi connectivity index (χ4v) is 1.96. The van der Waals surface area contributed by atoms with Crippen LogP contribution >= 0.6 is 0 Å². The summed E-state index contributed by atoms with van der Waals surface area (Å²) >= 11 is 0. The Morgan fingerprint density at radius 1 is 1.15 bits per heavy atom. The average Bonchev–Trinajstić information content (AvgIpc) is 2.45. The number of aliphatic carboxylic acids is 1. The molecule has 0 radical (unpaired) electrons. The van der Waals surface area contributed by atoms with E-state index in [4.69, 9.17) is 5.11 Å².